The van der Waals surface area contributed by atoms with Gasteiger partial charge in [-0.1, -0.05) is 18.2 Å². The van der Waals surface area contributed by atoms with Crippen LogP contribution in [0, 0.1) is 6.92 Å². The number of hydrogen-bond acceptors (Lipinski definition) is 4. The Hall–Kier alpha value is -1.39. The van der Waals surface area contributed by atoms with E-state index in [0.717, 1.165) is 36.0 Å². The average Bonchev–Trinajstić information content (AvgIpc) is 2.82. The van der Waals surface area contributed by atoms with Gasteiger partial charge in [0, 0.05) is 18.0 Å². The van der Waals surface area contributed by atoms with E-state index in [1.165, 1.54) is 5.56 Å². The molecule has 2 heterocycles. The number of para-hydroxylation sites is 1. The summed E-state index contributed by atoms with van der Waals surface area (Å²) in [4.78, 5) is 4.45. The lowest BCUT2D eigenvalue weighted by molar-refractivity contribution is 0.237. The maximum Gasteiger partial charge on any atom is 0.122 e. The van der Waals surface area contributed by atoms with Crippen LogP contribution in [0.4, 0.5) is 0 Å². The van der Waals surface area contributed by atoms with E-state index in [4.69, 9.17) is 4.74 Å². The predicted octanol–water partition coefficient (Wildman–Crippen LogP) is 2.54. The largest absolute Gasteiger partial charge is 0.492 e. The van der Waals surface area contributed by atoms with Crippen molar-refractivity contribution in [3.63, 3.8) is 0 Å². The molecule has 0 bridgehead atoms. The fraction of sp³-hybridized carbons (Fsp3) is 0.357. The smallest absolute Gasteiger partial charge is 0.122 e. The van der Waals surface area contributed by atoms with Crippen molar-refractivity contribution in [1.29, 1.82) is 0 Å². The zero-order valence-electron chi connectivity index (χ0n) is 10.3. The first-order valence-corrected chi connectivity index (χ1v) is 7.04. The number of aryl methyl sites for hydroxylation is 1. The molecule has 0 saturated heterocycles. The predicted molar refractivity (Wildman–Crippen MR) is 73.1 cm³/mol. The highest BCUT2D eigenvalue weighted by Crippen LogP contribution is 2.24. The number of aromatic nitrogens is 1. The second-order valence-electron chi connectivity index (χ2n) is 4.56. The van der Waals surface area contributed by atoms with Gasteiger partial charge in [-0.3, -0.25) is 0 Å². The number of thiazole rings is 1. The zero-order valence-corrected chi connectivity index (χ0v) is 11.2. The molecule has 0 aliphatic carbocycles. The van der Waals surface area contributed by atoms with E-state index in [0.29, 0.717) is 6.04 Å². The Morgan fingerprint density at radius 3 is 3.17 bits per heavy atom. The fourth-order valence-corrected chi connectivity index (χ4v) is 2.81. The van der Waals surface area contributed by atoms with Crippen LogP contribution in [-0.2, 0) is 13.0 Å². The van der Waals surface area contributed by atoms with E-state index in [2.05, 4.69) is 27.8 Å². The van der Waals surface area contributed by atoms with Crippen molar-refractivity contribution in [2.75, 3.05) is 6.61 Å². The summed E-state index contributed by atoms with van der Waals surface area (Å²) in [7, 11) is 0. The summed E-state index contributed by atoms with van der Waals surface area (Å²) in [5.74, 6) is 1.03. The van der Waals surface area contributed by atoms with E-state index in [-0.39, 0.29) is 0 Å². The molecular weight excluding hydrogens is 244 g/mol. The van der Waals surface area contributed by atoms with Gasteiger partial charge in [0.05, 0.1) is 10.7 Å². The third-order valence-corrected chi connectivity index (χ3v) is 3.94. The number of nitrogens with one attached hydrogen (secondary N) is 1. The van der Waals surface area contributed by atoms with Gasteiger partial charge in [0.2, 0.25) is 0 Å². The van der Waals surface area contributed by atoms with E-state index >= 15 is 0 Å². The van der Waals surface area contributed by atoms with Gasteiger partial charge in [0.1, 0.15) is 12.4 Å². The Bertz CT molecular complexity index is 538. The van der Waals surface area contributed by atoms with Crippen molar-refractivity contribution in [1.82, 2.24) is 10.3 Å². The second-order valence-corrected chi connectivity index (χ2v) is 5.62. The van der Waals surface area contributed by atoms with Gasteiger partial charge in [-0.05, 0) is 25.0 Å². The number of hydrogen-bond donors (Lipinski definition) is 1. The molecule has 0 fully saturated rings. The van der Waals surface area contributed by atoms with Crippen LogP contribution in [0.5, 0.6) is 5.75 Å². The minimum Gasteiger partial charge on any atom is -0.492 e. The molecule has 1 aromatic heterocycles. The first kappa shape index (κ1) is 11.7. The Morgan fingerprint density at radius 1 is 1.44 bits per heavy atom. The lowest BCUT2D eigenvalue weighted by Gasteiger charge is -2.25. The number of rotatable bonds is 3. The van der Waals surface area contributed by atoms with E-state index in [9.17, 15) is 0 Å². The molecule has 3 rings (SSSR count). The van der Waals surface area contributed by atoms with Crippen molar-refractivity contribution < 1.29 is 4.74 Å². The molecule has 1 aliphatic rings. The molecule has 0 spiro atoms. The monoisotopic (exact) mass is 260 g/mol. The van der Waals surface area contributed by atoms with E-state index in [1.807, 2.05) is 19.1 Å². The number of nitrogens with zero attached hydrogens (tertiary/aromatic N) is 1. The van der Waals surface area contributed by atoms with Crippen LogP contribution in [0.3, 0.4) is 0 Å². The molecule has 4 heteroatoms. The third-order valence-electron chi connectivity index (χ3n) is 3.12. The normalized spacial score (nSPS) is 18.2. The summed E-state index contributed by atoms with van der Waals surface area (Å²) < 4.78 is 5.75. The topological polar surface area (TPSA) is 34.2 Å². The van der Waals surface area contributed by atoms with Crippen LogP contribution in [0.1, 0.15) is 16.3 Å². The zero-order chi connectivity index (χ0) is 12.4. The molecule has 0 saturated carbocycles. The molecule has 1 atom stereocenters. The number of fused-ring (bicyclic) bond motifs is 1. The first-order valence-electron chi connectivity index (χ1n) is 6.16. The molecule has 1 aliphatic heterocycles. The summed E-state index contributed by atoms with van der Waals surface area (Å²) in [5, 5.41) is 6.74. The highest BCUT2D eigenvalue weighted by atomic mass is 32.1. The molecule has 0 amide bonds. The minimum atomic E-state index is 0.377. The van der Waals surface area contributed by atoms with Crippen LogP contribution < -0.4 is 10.1 Å². The van der Waals surface area contributed by atoms with Gasteiger partial charge in [-0.25, -0.2) is 4.98 Å². The minimum absolute atomic E-state index is 0.377. The molecule has 3 nitrogen and oxygen atoms in total. The highest BCUT2D eigenvalue weighted by molar-refractivity contribution is 7.09. The Balaban J connectivity index is 1.59. The van der Waals surface area contributed by atoms with Gasteiger partial charge in [0.15, 0.2) is 0 Å². The Labute approximate surface area is 111 Å². The Morgan fingerprint density at radius 2 is 2.33 bits per heavy atom. The summed E-state index contributed by atoms with van der Waals surface area (Å²) in [6.07, 6.45) is 1.03. The lowest BCUT2D eigenvalue weighted by atomic mass is 10.0. The molecular formula is C14H16N2OS. The van der Waals surface area contributed by atoms with Crippen molar-refractivity contribution in [2.24, 2.45) is 0 Å². The van der Waals surface area contributed by atoms with Crippen LogP contribution in [0.2, 0.25) is 0 Å². The van der Waals surface area contributed by atoms with E-state index in [1.54, 1.807) is 11.3 Å². The SMILES string of the molecule is Cc1nc(CN[C@@H]2COc3ccccc3C2)cs1. The second kappa shape index (κ2) is 5.08. The maximum absolute atomic E-state index is 5.75. The molecule has 1 N–H and O–H groups in total. The van der Waals surface area contributed by atoms with Crippen LogP contribution >= 0.6 is 11.3 Å². The molecule has 0 unspecified atom stereocenters. The highest BCUT2D eigenvalue weighted by Gasteiger charge is 2.18. The first-order chi connectivity index (χ1) is 8.81. The molecule has 0 radical (unpaired) electrons. The van der Waals surface area contributed by atoms with E-state index < -0.39 is 0 Å². The molecule has 2 aromatic rings. The van der Waals surface area contributed by atoms with Gasteiger partial charge in [-0.2, -0.15) is 0 Å². The lowest BCUT2D eigenvalue weighted by Crippen LogP contribution is -2.38. The summed E-state index contributed by atoms with van der Waals surface area (Å²) in [5.41, 5.74) is 2.41. The standard InChI is InChI=1S/C14H16N2OS/c1-10-16-13(9-18-10)7-15-12-6-11-4-2-3-5-14(11)17-8-12/h2-5,9,12,15H,6-8H2,1H3/t12-/m0/s1. The quantitative estimate of drug-likeness (QED) is 0.921. The van der Waals surface area contributed by atoms with Crippen molar-refractivity contribution in [3.8, 4) is 5.75 Å². The van der Waals surface area contributed by atoms with Gasteiger partial charge in [0.25, 0.3) is 0 Å². The van der Waals surface area contributed by atoms with Gasteiger partial charge < -0.3 is 10.1 Å². The Kier molecular flexibility index (Phi) is 3.30. The van der Waals surface area contributed by atoms with Crippen LogP contribution in [-0.4, -0.2) is 17.6 Å². The van der Waals surface area contributed by atoms with Gasteiger partial charge in [-0.15, -0.1) is 11.3 Å². The van der Waals surface area contributed by atoms with Crippen molar-refractivity contribution >= 4 is 11.3 Å². The molecule has 1 aromatic carbocycles. The van der Waals surface area contributed by atoms with Gasteiger partial charge >= 0.3 is 0 Å². The maximum atomic E-state index is 5.75. The number of benzene rings is 1. The average molecular weight is 260 g/mol. The fourth-order valence-electron chi connectivity index (χ4n) is 2.20. The van der Waals surface area contributed by atoms with Crippen LogP contribution in [0.25, 0.3) is 0 Å². The summed E-state index contributed by atoms with van der Waals surface area (Å²) in [6, 6.07) is 8.63. The summed E-state index contributed by atoms with van der Waals surface area (Å²) in [6.45, 7) is 3.59. The van der Waals surface area contributed by atoms with Crippen LogP contribution in [0.15, 0.2) is 29.6 Å². The molecule has 18 heavy (non-hydrogen) atoms. The van der Waals surface area contributed by atoms with Crippen molar-refractivity contribution in [2.45, 2.75) is 25.9 Å². The molecule has 94 valence electrons. The summed E-state index contributed by atoms with van der Waals surface area (Å²) >= 11 is 1.70. The third kappa shape index (κ3) is 2.54. The number of ether oxygens (including phenoxy) is 1. The van der Waals surface area contributed by atoms with Crippen molar-refractivity contribution in [3.05, 3.63) is 45.9 Å².